The first-order valence-corrected chi connectivity index (χ1v) is 10.6. The average molecular weight is 406 g/mol. The molecule has 0 spiro atoms. The van der Waals surface area contributed by atoms with Crippen LogP contribution < -0.4 is 4.90 Å². The number of likely N-dealkylation sites (N-methyl/N-ethyl adjacent to an activating group) is 1. The quantitative estimate of drug-likeness (QED) is 0.547. The third-order valence-electron chi connectivity index (χ3n) is 3.90. The number of benzene rings is 2. The molecule has 1 aromatic heterocycles. The summed E-state index contributed by atoms with van der Waals surface area (Å²) in [5.74, 6) is -0.0847. The van der Waals surface area contributed by atoms with Gasteiger partial charge in [0.25, 0.3) is 5.91 Å². The van der Waals surface area contributed by atoms with E-state index in [1.807, 2.05) is 20.2 Å². The van der Waals surface area contributed by atoms with Crippen molar-refractivity contribution in [3.63, 3.8) is 0 Å². The van der Waals surface area contributed by atoms with Crippen molar-refractivity contribution in [2.24, 2.45) is 0 Å². The highest BCUT2D eigenvalue weighted by Gasteiger charge is 2.21. The van der Waals surface area contributed by atoms with E-state index in [9.17, 15) is 4.79 Å². The highest BCUT2D eigenvalue weighted by molar-refractivity contribution is 7.98. The van der Waals surface area contributed by atoms with E-state index in [1.165, 1.54) is 4.90 Å². The lowest BCUT2D eigenvalue weighted by Crippen LogP contribution is -2.36. The van der Waals surface area contributed by atoms with Gasteiger partial charge in [0.15, 0.2) is 5.13 Å². The van der Waals surface area contributed by atoms with Gasteiger partial charge in [-0.05, 0) is 56.7 Å². The lowest BCUT2D eigenvalue weighted by atomic mass is 10.2. The van der Waals surface area contributed by atoms with Crippen LogP contribution in [-0.4, -0.2) is 49.2 Å². The monoisotopic (exact) mass is 405 g/mol. The van der Waals surface area contributed by atoms with Gasteiger partial charge in [-0.25, -0.2) is 4.98 Å². The van der Waals surface area contributed by atoms with Gasteiger partial charge in [-0.2, -0.15) is 0 Å². The number of halogens is 1. The Morgan fingerprint density at radius 1 is 1.19 bits per heavy atom. The minimum absolute atomic E-state index is 0.0847. The maximum absolute atomic E-state index is 13.1. The first-order chi connectivity index (χ1) is 12.5. The van der Waals surface area contributed by atoms with E-state index in [4.69, 9.17) is 16.6 Å². The van der Waals surface area contributed by atoms with Crippen LogP contribution in [-0.2, 0) is 0 Å². The second-order valence-corrected chi connectivity index (χ2v) is 8.43. The highest BCUT2D eigenvalue weighted by atomic mass is 35.5. The molecule has 0 fully saturated rings. The topological polar surface area (TPSA) is 36.4 Å². The number of thiazole rings is 1. The highest BCUT2D eigenvalue weighted by Crippen LogP contribution is 2.32. The van der Waals surface area contributed by atoms with Gasteiger partial charge in [0.1, 0.15) is 0 Å². The summed E-state index contributed by atoms with van der Waals surface area (Å²) in [6.07, 6.45) is 2.05. The molecule has 7 heteroatoms. The van der Waals surface area contributed by atoms with E-state index in [2.05, 4.69) is 23.3 Å². The number of rotatable bonds is 6. The molecule has 0 saturated heterocycles. The standard InChI is InChI=1S/C19H20ClN3OS2/c1-22(2)9-10-23(18(24)13-5-4-6-14(20)11-13)19-21-16-8-7-15(25-3)12-17(16)26-19/h4-8,11-12H,9-10H2,1-3H3. The average Bonchev–Trinajstić information content (AvgIpc) is 3.04. The van der Waals surface area contributed by atoms with Crippen LogP contribution in [0.5, 0.6) is 0 Å². The lowest BCUT2D eigenvalue weighted by Gasteiger charge is -2.22. The zero-order valence-corrected chi connectivity index (χ0v) is 17.3. The van der Waals surface area contributed by atoms with Gasteiger partial charge < -0.3 is 4.90 Å². The predicted molar refractivity (Wildman–Crippen MR) is 113 cm³/mol. The van der Waals surface area contributed by atoms with Crippen molar-refractivity contribution in [3.8, 4) is 0 Å². The van der Waals surface area contributed by atoms with E-state index in [0.717, 1.165) is 16.8 Å². The summed E-state index contributed by atoms with van der Waals surface area (Å²) < 4.78 is 1.08. The van der Waals surface area contributed by atoms with Crippen molar-refractivity contribution in [2.75, 3.05) is 38.3 Å². The van der Waals surface area contributed by atoms with Crippen molar-refractivity contribution in [1.29, 1.82) is 0 Å². The molecule has 0 saturated carbocycles. The molecule has 0 bridgehead atoms. The SMILES string of the molecule is CSc1ccc2nc(N(CCN(C)C)C(=O)c3cccc(Cl)c3)sc2c1. The van der Waals surface area contributed by atoms with Crippen molar-refractivity contribution < 1.29 is 4.79 Å². The molecule has 1 heterocycles. The number of nitrogens with zero attached hydrogens (tertiary/aromatic N) is 3. The van der Waals surface area contributed by atoms with Crippen LogP contribution >= 0.6 is 34.7 Å². The Hall–Kier alpha value is -1.60. The van der Waals surface area contributed by atoms with Gasteiger partial charge in [-0.1, -0.05) is 29.0 Å². The third kappa shape index (κ3) is 4.38. The number of amides is 1. The fraction of sp³-hybridized carbons (Fsp3) is 0.263. The molecule has 0 unspecified atom stereocenters. The van der Waals surface area contributed by atoms with Crippen LogP contribution in [0, 0.1) is 0 Å². The summed E-state index contributed by atoms with van der Waals surface area (Å²) in [6.45, 7) is 1.31. The molecular weight excluding hydrogens is 386 g/mol. The summed E-state index contributed by atoms with van der Waals surface area (Å²) in [7, 11) is 3.98. The van der Waals surface area contributed by atoms with E-state index in [-0.39, 0.29) is 5.91 Å². The summed E-state index contributed by atoms with van der Waals surface area (Å²) in [5.41, 5.74) is 1.48. The zero-order valence-electron chi connectivity index (χ0n) is 14.9. The fourth-order valence-corrected chi connectivity index (χ4v) is 4.23. The van der Waals surface area contributed by atoms with Crippen LogP contribution in [0.1, 0.15) is 10.4 Å². The molecule has 3 aromatic rings. The van der Waals surface area contributed by atoms with Gasteiger partial charge in [0, 0.05) is 28.6 Å². The van der Waals surface area contributed by atoms with Crippen LogP contribution in [0.4, 0.5) is 5.13 Å². The molecular formula is C19H20ClN3OS2. The molecule has 2 aromatic carbocycles. The first kappa shape index (κ1) is 19.2. The van der Waals surface area contributed by atoms with Crippen LogP contribution in [0.15, 0.2) is 47.4 Å². The number of carbonyl (C=O) groups excluding carboxylic acids is 1. The molecule has 4 nitrogen and oxygen atoms in total. The Labute approximate surface area is 166 Å². The fourth-order valence-electron chi connectivity index (χ4n) is 2.50. The maximum Gasteiger partial charge on any atom is 0.260 e. The summed E-state index contributed by atoms with van der Waals surface area (Å²) in [4.78, 5) is 22.8. The Kier molecular flexibility index (Phi) is 6.19. The second-order valence-electron chi connectivity index (χ2n) is 6.10. The van der Waals surface area contributed by atoms with E-state index >= 15 is 0 Å². The van der Waals surface area contributed by atoms with Crippen LogP contribution in [0.25, 0.3) is 10.2 Å². The summed E-state index contributed by atoms with van der Waals surface area (Å²) >= 11 is 9.31. The van der Waals surface area contributed by atoms with E-state index in [0.29, 0.717) is 22.3 Å². The van der Waals surface area contributed by atoms with Crippen LogP contribution in [0.2, 0.25) is 5.02 Å². The molecule has 0 aliphatic heterocycles. The molecule has 0 aliphatic carbocycles. The maximum atomic E-state index is 13.1. The number of anilines is 1. The lowest BCUT2D eigenvalue weighted by molar-refractivity contribution is 0.0985. The number of hydrogen-bond donors (Lipinski definition) is 0. The number of aromatic nitrogens is 1. The Balaban J connectivity index is 1.98. The molecule has 136 valence electrons. The summed E-state index contributed by atoms with van der Waals surface area (Å²) in [6, 6.07) is 13.2. The van der Waals surface area contributed by atoms with Gasteiger partial charge >= 0.3 is 0 Å². The molecule has 0 aliphatic rings. The van der Waals surface area contributed by atoms with Gasteiger partial charge in [-0.15, -0.1) is 11.8 Å². The largest absolute Gasteiger partial charge is 0.308 e. The number of fused-ring (bicyclic) bond motifs is 1. The Morgan fingerprint density at radius 2 is 2.00 bits per heavy atom. The molecule has 0 N–H and O–H groups in total. The second kappa shape index (κ2) is 8.39. The molecule has 26 heavy (non-hydrogen) atoms. The van der Waals surface area contributed by atoms with Gasteiger partial charge in [0.05, 0.1) is 10.2 Å². The molecule has 0 atom stereocenters. The van der Waals surface area contributed by atoms with Crippen molar-refractivity contribution in [3.05, 3.63) is 53.1 Å². The molecule has 3 rings (SSSR count). The third-order valence-corrected chi connectivity index (χ3v) is 5.90. The normalized spacial score (nSPS) is 11.3. The smallest absolute Gasteiger partial charge is 0.260 e. The first-order valence-electron chi connectivity index (χ1n) is 8.14. The van der Waals surface area contributed by atoms with Crippen molar-refractivity contribution >= 4 is 56.0 Å². The molecule has 1 amide bonds. The number of hydrogen-bond acceptors (Lipinski definition) is 5. The Morgan fingerprint density at radius 3 is 2.69 bits per heavy atom. The molecule has 0 radical (unpaired) electrons. The number of carbonyl (C=O) groups is 1. The predicted octanol–water partition coefficient (Wildman–Crippen LogP) is 4.88. The van der Waals surface area contributed by atoms with Crippen LogP contribution in [0.3, 0.4) is 0 Å². The zero-order chi connectivity index (χ0) is 18.7. The van der Waals surface area contributed by atoms with Crippen molar-refractivity contribution in [1.82, 2.24) is 9.88 Å². The van der Waals surface area contributed by atoms with Crippen molar-refractivity contribution in [2.45, 2.75) is 4.90 Å². The minimum atomic E-state index is -0.0847. The number of thioether (sulfide) groups is 1. The van der Waals surface area contributed by atoms with E-state index < -0.39 is 0 Å². The van der Waals surface area contributed by atoms with E-state index in [1.54, 1.807) is 52.3 Å². The minimum Gasteiger partial charge on any atom is -0.308 e. The van der Waals surface area contributed by atoms with Gasteiger partial charge in [-0.3, -0.25) is 9.69 Å². The Bertz CT molecular complexity index is 926. The van der Waals surface area contributed by atoms with Gasteiger partial charge in [0.2, 0.25) is 0 Å². The summed E-state index contributed by atoms with van der Waals surface area (Å²) in [5, 5.41) is 1.27.